The van der Waals surface area contributed by atoms with Crippen LogP contribution in [0.1, 0.15) is 5.56 Å². The number of aryl methyl sites for hydroxylation is 1. The average molecular weight is 362 g/mol. The van der Waals surface area contributed by atoms with Crippen molar-refractivity contribution in [3.63, 3.8) is 0 Å². The van der Waals surface area contributed by atoms with E-state index in [9.17, 15) is 9.59 Å². The number of hydrogen-bond acceptors (Lipinski definition) is 6. The molecule has 8 heteroatoms. The van der Waals surface area contributed by atoms with Gasteiger partial charge in [-0.15, -0.1) is 11.8 Å². The second-order valence-electron chi connectivity index (χ2n) is 5.94. The molecule has 0 aliphatic carbocycles. The van der Waals surface area contributed by atoms with Gasteiger partial charge in [0.2, 0.25) is 12.7 Å². The first kappa shape index (κ1) is 16.3. The molecule has 0 spiro atoms. The molecule has 1 aromatic carbocycles. The number of benzene rings is 1. The van der Waals surface area contributed by atoms with Crippen molar-refractivity contribution >= 4 is 28.6 Å². The number of thioether (sulfide) groups is 1. The van der Waals surface area contributed by atoms with Crippen molar-refractivity contribution in [3.05, 3.63) is 28.0 Å². The van der Waals surface area contributed by atoms with Gasteiger partial charge in [-0.05, 0) is 18.6 Å². The number of aromatic nitrogens is 1. The minimum atomic E-state index is -0.191. The van der Waals surface area contributed by atoms with Gasteiger partial charge in [0.05, 0.1) is 29.4 Å². The molecule has 0 unspecified atom stereocenters. The zero-order valence-corrected chi connectivity index (χ0v) is 14.6. The summed E-state index contributed by atoms with van der Waals surface area (Å²) in [6.07, 6.45) is 0. The third-order valence-electron chi connectivity index (χ3n) is 4.42. The van der Waals surface area contributed by atoms with Gasteiger partial charge in [-0.1, -0.05) is 0 Å². The fraction of sp³-hybridized carbons (Fsp3) is 0.412. The van der Waals surface area contributed by atoms with Crippen molar-refractivity contribution in [1.29, 1.82) is 0 Å². The van der Waals surface area contributed by atoms with E-state index < -0.39 is 0 Å². The van der Waals surface area contributed by atoms with Gasteiger partial charge in [0.15, 0.2) is 11.5 Å². The molecule has 2 aliphatic rings. The molecule has 0 atom stereocenters. The lowest BCUT2D eigenvalue weighted by molar-refractivity contribution is -0.132. The number of rotatable bonds is 3. The third-order valence-corrected chi connectivity index (χ3v) is 5.59. The molecule has 2 aromatic rings. The van der Waals surface area contributed by atoms with Crippen LogP contribution in [0.15, 0.2) is 21.8 Å². The smallest absolute Gasteiger partial charge is 0.262 e. The molecular formula is C17H18N2O5S. The molecule has 2 aliphatic heterocycles. The molecule has 1 N–H and O–H groups in total. The Hall–Kier alpha value is -2.19. The summed E-state index contributed by atoms with van der Waals surface area (Å²) in [6.45, 7) is 4.43. The van der Waals surface area contributed by atoms with Gasteiger partial charge < -0.3 is 24.1 Å². The quantitative estimate of drug-likeness (QED) is 0.834. The van der Waals surface area contributed by atoms with Crippen molar-refractivity contribution in [3.8, 4) is 11.5 Å². The van der Waals surface area contributed by atoms with Crippen molar-refractivity contribution < 1.29 is 19.0 Å². The van der Waals surface area contributed by atoms with E-state index in [1.807, 2.05) is 13.0 Å². The molecular weight excluding hydrogens is 344 g/mol. The van der Waals surface area contributed by atoms with Crippen LogP contribution in [-0.4, -0.2) is 54.6 Å². The standard InChI is InChI=1S/C17H18N2O5S/c1-10-11-6-13-14(24-9-23-13)7-12(11)18-17(21)16(10)25-8-15(20)19-2-4-22-5-3-19/h6-7H,2-5,8-9H2,1H3,(H,18,21). The van der Waals surface area contributed by atoms with Crippen molar-refractivity contribution in [2.24, 2.45) is 0 Å². The summed E-state index contributed by atoms with van der Waals surface area (Å²) in [4.78, 5) is 30.0. The highest BCUT2D eigenvalue weighted by molar-refractivity contribution is 8.00. The van der Waals surface area contributed by atoms with Crippen LogP contribution in [0, 0.1) is 6.92 Å². The van der Waals surface area contributed by atoms with E-state index in [0.29, 0.717) is 48.2 Å². The van der Waals surface area contributed by atoms with Crippen LogP contribution in [-0.2, 0) is 9.53 Å². The Morgan fingerprint density at radius 2 is 1.96 bits per heavy atom. The van der Waals surface area contributed by atoms with Gasteiger partial charge in [0.1, 0.15) is 0 Å². The summed E-state index contributed by atoms with van der Waals surface area (Å²) < 4.78 is 16.0. The molecule has 1 aromatic heterocycles. The summed E-state index contributed by atoms with van der Waals surface area (Å²) in [5, 5.41) is 0.894. The van der Waals surface area contributed by atoms with Gasteiger partial charge in [-0.2, -0.15) is 0 Å². The monoisotopic (exact) mass is 362 g/mol. The number of amides is 1. The molecule has 0 saturated carbocycles. The van der Waals surface area contributed by atoms with E-state index in [1.54, 1.807) is 11.0 Å². The number of pyridine rings is 1. The van der Waals surface area contributed by atoms with E-state index >= 15 is 0 Å². The van der Waals surface area contributed by atoms with E-state index in [4.69, 9.17) is 14.2 Å². The predicted molar refractivity (Wildman–Crippen MR) is 93.6 cm³/mol. The Kier molecular flexibility index (Phi) is 4.30. The number of aromatic amines is 1. The number of fused-ring (bicyclic) bond motifs is 2. The summed E-state index contributed by atoms with van der Waals surface area (Å²) in [6, 6.07) is 3.65. The molecule has 1 saturated heterocycles. The molecule has 4 rings (SSSR count). The molecule has 0 radical (unpaired) electrons. The maximum atomic E-state index is 12.4. The maximum Gasteiger partial charge on any atom is 0.262 e. The van der Waals surface area contributed by atoms with Crippen LogP contribution in [0.25, 0.3) is 10.9 Å². The van der Waals surface area contributed by atoms with E-state index in [0.717, 1.165) is 10.9 Å². The van der Waals surface area contributed by atoms with Gasteiger partial charge in [0.25, 0.3) is 5.56 Å². The average Bonchev–Trinajstić information content (AvgIpc) is 3.08. The van der Waals surface area contributed by atoms with Crippen LogP contribution in [0.3, 0.4) is 0 Å². The highest BCUT2D eigenvalue weighted by Gasteiger charge is 2.20. The predicted octanol–water partition coefficient (Wildman–Crippen LogP) is 1.52. The molecule has 25 heavy (non-hydrogen) atoms. The Morgan fingerprint density at radius 3 is 2.72 bits per heavy atom. The first-order valence-electron chi connectivity index (χ1n) is 8.08. The minimum absolute atomic E-state index is 0.0258. The SMILES string of the molecule is Cc1c(SCC(=O)N2CCOCC2)c(=O)[nH]c2cc3c(cc12)OCO3. The van der Waals surface area contributed by atoms with Crippen LogP contribution in [0.2, 0.25) is 0 Å². The second kappa shape index (κ2) is 6.61. The molecule has 132 valence electrons. The lowest BCUT2D eigenvalue weighted by Gasteiger charge is -2.26. The second-order valence-corrected chi connectivity index (χ2v) is 6.93. The molecule has 3 heterocycles. The summed E-state index contributed by atoms with van der Waals surface area (Å²) >= 11 is 1.28. The first-order chi connectivity index (χ1) is 12.1. The molecule has 7 nitrogen and oxygen atoms in total. The highest BCUT2D eigenvalue weighted by atomic mass is 32.2. The fourth-order valence-corrected chi connectivity index (χ4v) is 4.00. The number of carbonyl (C=O) groups excluding carboxylic acids is 1. The Balaban J connectivity index is 1.60. The van der Waals surface area contributed by atoms with Gasteiger partial charge in [-0.25, -0.2) is 0 Å². The lowest BCUT2D eigenvalue weighted by atomic mass is 10.1. The van der Waals surface area contributed by atoms with E-state index in [2.05, 4.69) is 4.98 Å². The Morgan fingerprint density at radius 1 is 1.24 bits per heavy atom. The summed E-state index contributed by atoms with van der Waals surface area (Å²) in [5.41, 5.74) is 1.36. The van der Waals surface area contributed by atoms with Gasteiger partial charge in [-0.3, -0.25) is 9.59 Å². The fourth-order valence-electron chi connectivity index (χ4n) is 3.04. The number of nitrogens with one attached hydrogen (secondary N) is 1. The van der Waals surface area contributed by atoms with Crippen molar-refractivity contribution in [2.45, 2.75) is 11.8 Å². The van der Waals surface area contributed by atoms with Crippen molar-refractivity contribution in [2.75, 3.05) is 38.8 Å². The zero-order chi connectivity index (χ0) is 17.4. The number of ether oxygens (including phenoxy) is 3. The highest BCUT2D eigenvalue weighted by Crippen LogP contribution is 2.37. The number of hydrogen-bond donors (Lipinski definition) is 1. The molecule has 1 fully saturated rings. The number of morpholine rings is 1. The lowest BCUT2D eigenvalue weighted by Crippen LogP contribution is -2.41. The molecule has 0 bridgehead atoms. The Labute approximate surface area is 148 Å². The number of H-pyrrole nitrogens is 1. The van der Waals surface area contributed by atoms with E-state index in [-0.39, 0.29) is 24.0 Å². The van der Waals surface area contributed by atoms with Crippen LogP contribution >= 0.6 is 11.8 Å². The summed E-state index contributed by atoms with van der Waals surface area (Å²) in [5.74, 6) is 1.56. The normalized spacial score (nSPS) is 16.4. The zero-order valence-electron chi connectivity index (χ0n) is 13.8. The maximum absolute atomic E-state index is 12.4. The Bertz CT molecular complexity index is 889. The van der Waals surface area contributed by atoms with Crippen LogP contribution in [0.5, 0.6) is 11.5 Å². The van der Waals surface area contributed by atoms with Gasteiger partial charge in [0, 0.05) is 24.5 Å². The number of nitrogens with zero attached hydrogens (tertiary/aromatic N) is 1. The first-order valence-corrected chi connectivity index (χ1v) is 9.06. The van der Waals surface area contributed by atoms with Crippen molar-refractivity contribution in [1.82, 2.24) is 9.88 Å². The number of carbonyl (C=O) groups is 1. The van der Waals surface area contributed by atoms with Gasteiger partial charge >= 0.3 is 0 Å². The largest absolute Gasteiger partial charge is 0.454 e. The topological polar surface area (TPSA) is 80.9 Å². The van der Waals surface area contributed by atoms with E-state index in [1.165, 1.54) is 11.8 Å². The third kappa shape index (κ3) is 3.07. The van der Waals surface area contributed by atoms with Crippen LogP contribution < -0.4 is 15.0 Å². The molecule has 1 amide bonds. The van der Waals surface area contributed by atoms with Crippen LogP contribution in [0.4, 0.5) is 0 Å². The minimum Gasteiger partial charge on any atom is -0.454 e. The summed E-state index contributed by atoms with van der Waals surface area (Å²) in [7, 11) is 0.